The number of amides is 3. The predicted molar refractivity (Wildman–Crippen MR) is 169 cm³/mol. The molecule has 43 heavy (non-hydrogen) atoms. The van der Waals surface area contributed by atoms with E-state index in [9.17, 15) is 19.5 Å². The van der Waals surface area contributed by atoms with Gasteiger partial charge in [0, 0.05) is 34.6 Å². The average molecular weight is 597 g/mol. The SMILES string of the molecule is Cc1ccccc1CNC(=O)C1N(C(=O)C(O)C(Cc2ccccc2)NC(=O)c2ccc3ccncc3c2)CSC1(C)C. The van der Waals surface area contributed by atoms with Crippen LogP contribution in [0, 0.1) is 6.92 Å². The van der Waals surface area contributed by atoms with Gasteiger partial charge in [-0.15, -0.1) is 11.8 Å². The number of thioether (sulfide) groups is 1. The average Bonchev–Trinajstić information content (AvgIpc) is 3.34. The number of fused-ring (bicyclic) bond motifs is 1. The molecule has 0 spiro atoms. The fraction of sp³-hybridized carbons (Fsp3) is 0.294. The van der Waals surface area contributed by atoms with Crippen LogP contribution in [-0.2, 0) is 22.6 Å². The van der Waals surface area contributed by atoms with Crippen molar-refractivity contribution in [1.82, 2.24) is 20.5 Å². The van der Waals surface area contributed by atoms with Crippen LogP contribution in [0.15, 0.2) is 91.3 Å². The van der Waals surface area contributed by atoms with Crippen molar-refractivity contribution in [2.24, 2.45) is 0 Å². The Hall–Kier alpha value is -4.21. The summed E-state index contributed by atoms with van der Waals surface area (Å²) in [6.07, 6.45) is 2.02. The van der Waals surface area contributed by atoms with E-state index in [-0.39, 0.29) is 18.2 Å². The third kappa shape index (κ3) is 6.89. The summed E-state index contributed by atoms with van der Waals surface area (Å²) in [5, 5.41) is 19.2. The number of rotatable bonds is 9. The summed E-state index contributed by atoms with van der Waals surface area (Å²) in [7, 11) is 0. The highest BCUT2D eigenvalue weighted by molar-refractivity contribution is 8.00. The van der Waals surface area contributed by atoms with E-state index >= 15 is 0 Å². The van der Waals surface area contributed by atoms with Crippen molar-refractivity contribution in [2.75, 3.05) is 5.88 Å². The Morgan fingerprint density at radius 3 is 2.53 bits per heavy atom. The number of aryl methyl sites for hydroxylation is 1. The molecule has 3 aromatic carbocycles. The molecule has 8 nitrogen and oxygen atoms in total. The first-order chi connectivity index (χ1) is 20.6. The molecule has 5 rings (SSSR count). The van der Waals surface area contributed by atoms with Crippen molar-refractivity contribution in [3.63, 3.8) is 0 Å². The van der Waals surface area contributed by atoms with Crippen molar-refractivity contribution in [2.45, 2.75) is 56.7 Å². The van der Waals surface area contributed by atoms with E-state index in [0.717, 1.165) is 27.5 Å². The molecule has 1 aromatic heterocycles. The van der Waals surface area contributed by atoms with Gasteiger partial charge in [-0.05, 0) is 67.5 Å². The minimum atomic E-state index is -1.58. The number of carbonyl (C=O) groups is 3. The van der Waals surface area contributed by atoms with Gasteiger partial charge in [-0.1, -0.05) is 60.7 Å². The van der Waals surface area contributed by atoms with Gasteiger partial charge < -0.3 is 20.6 Å². The molecule has 1 fully saturated rings. The molecule has 222 valence electrons. The number of aliphatic hydroxyl groups excluding tert-OH is 1. The third-order valence-electron chi connectivity index (χ3n) is 7.94. The second-order valence-electron chi connectivity index (χ2n) is 11.4. The number of carbonyl (C=O) groups excluding carboxylic acids is 3. The number of hydrogen-bond donors (Lipinski definition) is 3. The summed E-state index contributed by atoms with van der Waals surface area (Å²) in [6, 6.07) is 22.6. The molecule has 2 heterocycles. The van der Waals surface area contributed by atoms with Crippen molar-refractivity contribution in [3.05, 3.63) is 114 Å². The minimum absolute atomic E-state index is 0.225. The van der Waals surface area contributed by atoms with Gasteiger partial charge in [0.15, 0.2) is 6.10 Å². The quantitative estimate of drug-likeness (QED) is 0.267. The fourth-order valence-electron chi connectivity index (χ4n) is 5.43. The number of nitrogens with one attached hydrogen (secondary N) is 2. The lowest BCUT2D eigenvalue weighted by atomic mass is 9.96. The lowest BCUT2D eigenvalue weighted by Gasteiger charge is -2.33. The molecule has 3 unspecified atom stereocenters. The first-order valence-corrected chi connectivity index (χ1v) is 15.3. The largest absolute Gasteiger partial charge is 0.381 e. The van der Waals surface area contributed by atoms with Crippen LogP contribution in [0.2, 0.25) is 0 Å². The standard InChI is InChI=1S/C34H36N4O4S/c1-22-9-7-8-12-26(22)20-36-32(41)30-34(2,3)43-21-38(30)33(42)29(39)28(17-23-10-5-4-6-11-23)37-31(40)25-14-13-24-15-16-35-19-27(24)18-25/h4-16,18-19,28-30,39H,17,20-21H2,1-3H3,(H,36,41)(H,37,40). The maximum atomic E-state index is 13.9. The van der Waals surface area contributed by atoms with Crippen molar-refractivity contribution in [1.29, 1.82) is 0 Å². The highest BCUT2D eigenvalue weighted by atomic mass is 32.2. The number of benzene rings is 3. The Labute approximate surface area is 255 Å². The van der Waals surface area contributed by atoms with Crippen LogP contribution in [0.1, 0.15) is 40.9 Å². The Balaban J connectivity index is 1.36. The van der Waals surface area contributed by atoms with Gasteiger partial charge in [-0.3, -0.25) is 19.4 Å². The Morgan fingerprint density at radius 2 is 1.77 bits per heavy atom. The number of pyridine rings is 1. The highest BCUT2D eigenvalue weighted by Crippen LogP contribution is 2.40. The number of aromatic nitrogens is 1. The molecule has 0 radical (unpaired) electrons. The topological polar surface area (TPSA) is 112 Å². The van der Waals surface area contributed by atoms with Gasteiger partial charge in [0.1, 0.15) is 6.04 Å². The minimum Gasteiger partial charge on any atom is -0.381 e. The second kappa shape index (κ2) is 13.0. The Bertz CT molecular complexity index is 1630. The van der Waals surface area contributed by atoms with Gasteiger partial charge >= 0.3 is 0 Å². The smallest absolute Gasteiger partial charge is 0.254 e. The monoisotopic (exact) mass is 596 g/mol. The number of hydrogen-bond acceptors (Lipinski definition) is 6. The van der Waals surface area contributed by atoms with Crippen LogP contribution in [0.5, 0.6) is 0 Å². The number of nitrogens with zero attached hydrogens (tertiary/aromatic N) is 2. The third-order valence-corrected chi connectivity index (χ3v) is 9.32. The van der Waals surface area contributed by atoms with Crippen LogP contribution < -0.4 is 10.6 Å². The van der Waals surface area contributed by atoms with E-state index < -0.39 is 34.7 Å². The first-order valence-electron chi connectivity index (χ1n) is 14.3. The van der Waals surface area contributed by atoms with Crippen molar-refractivity contribution in [3.8, 4) is 0 Å². The molecule has 1 aliphatic rings. The molecule has 1 aliphatic heterocycles. The van der Waals surface area contributed by atoms with E-state index in [0.29, 0.717) is 12.1 Å². The second-order valence-corrected chi connectivity index (χ2v) is 13.0. The molecule has 3 amide bonds. The van der Waals surface area contributed by atoms with E-state index in [1.165, 1.54) is 16.7 Å². The highest BCUT2D eigenvalue weighted by Gasteiger charge is 2.49. The Morgan fingerprint density at radius 1 is 1.02 bits per heavy atom. The zero-order valence-corrected chi connectivity index (χ0v) is 25.3. The molecular formula is C34H36N4O4S. The van der Waals surface area contributed by atoms with Gasteiger partial charge in [-0.25, -0.2) is 0 Å². The van der Waals surface area contributed by atoms with Crippen LogP contribution in [0.3, 0.4) is 0 Å². The molecule has 4 aromatic rings. The summed E-state index contributed by atoms with van der Waals surface area (Å²) in [6.45, 7) is 6.17. The van der Waals surface area contributed by atoms with E-state index in [2.05, 4.69) is 15.6 Å². The Kier molecular flexibility index (Phi) is 9.13. The molecule has 3 N–H and O–H groups in total. The normalized spacial score (nSPS) is 17.3. The van der Waals surface area contributed by atoms with E-state index in [1.54, 1.807) is 24.5 Å². The fourth-order valence-corrected chi connectivity index (χ4v) is 6.57. The lowest BCUT2D eigenvalue weighted by Crippen LogP contribution is -2.58. The van der Waals surface area contributed by atoms with Gasteiger partial charge in [0.2, 0.25) is 5.91 Å². The molecule has 0 bridgehead atoms. The summed E-state index contributed by atoms with van der Waals surface area (Å²) in [5.74, 6) is -1.05. The van der Waals surface area contributed by atoms with E-state index in [1.807, 2.05) is 87.5 Å². The van der Waals surface area contributed by atoms with Crippen LogP contribution in [0.25, 0.3) is 10.8 Å². The predicted octanol–water partition coefficient (Wildman–Crippen LogP) is 4.24. The van der Waals surface area contributed by atoms with Crippen LogP contribution >= 0.6 is 11.8 Å². The number of aliphatic hydroxyl groups is 1. The molecule has 0 aliphatic carbocycles. The van der Waals surface area contributed by atoms with Gasteiger partial charge in [0.05, 0.1) is 11.9 Å². The van der Waals surface area contributed by atoms with E-state index in [4.69, 9.17) is 0 Å². The molecule has 9 heteroatoms. The van der Waals surface area contributed by atoms with Gasteiger partial charge in [0.25, 0.3) is 11.8 Å². The van der Waals surface area contributed by atoms with Crippen molar-refractivity contribution < 1.29 is 19.5 Å². The molecule has 1 saturated heterocycles. The zero-order valence-electron chi connectivity index (χ0n) is 24.5. The van der Waals surface area contributed by atoms with Crippen LogP contribution in [0.4, 0.5) is 0 Å². The molecular weight excluding hydrogens is 560 g/mol. The van der Waals surface area contributed by atoms with Crippen LogP contribution in [-0.4, -0.2) is 61.5 Å². The van der Waals surface area contributed by atoms with Crippen molar-refractivity contribution >= 4 is 40.3 Å². The summed E-state index contributed by atoms with van der Waals surface area (Å²) < 4.78 is -0.581. The summed E-state index contributed by atoms with van der Waals surface area (Å²) >= 11 is 1.48. The summed E-state index contributed by atoms with van der Waals surface area (Å²) in [5.41, 5.74) is 3.30. The maximum Gasteiger partial charge on any atom is 0.254 e. The first kappa shape index (κ1) is 30.3. The summed E-state index contributed by atoms with van der Waals surface area (Å²) in [4.78, 5) is 46.5. The maximum absolute atomic E-state index is 13.9. The molecule has 0 saturated carbocycles. The molecule has 3 atom stereocenters. The zero-order chi connectivity index (χ0) is 30.6. The lowest BCUT2D eigenvalue weighted by molar-refractivity contribution is -0.147. The van der Waals surface area contributed by atoms with Gasteiger partial charge in [-0.2, -0.15) is 0 Å².